The van der Waals surface area contributed by atoms with Crippen LogP contribution in [0.2, 0.25) is 5.02 Å². The number of anilines is 1. The molecule has 1 saturated carbocycles. The molecule has 104 valence electrons. The van der Waals surface area contributed by atoms with E-state index in [1.165, 1.54) is 18.6 Å². The van der Waals surface area contributed by atoms with E-state index in [1.54, 1.807) is 6.07 Å². The highest BCUT2D eigenvalue weighted by Gasteiger charge is 2.30. The van der Waals surface area contributed by atoms with Crippen molar-refractivity contribution < 1.29 is 9.18 Å². The van der Waals surface area contributed by atoms with Gasteiger partial charge in [0.2, 0.25) is 5.91 Å². The molecule has 1 aromatic rings. The van der Waals surface area contributed by atoms with Crippen molar-refractivity contribution in [1.82, 2.24) is 0 Å². The Bertz CT molecular complexity index is 452. The number of carbonyl (C=O) groups excluding carboxylic acids is 1. The minimum Gasteiger partial charge on any atom is -0.325 e. The van der Waals surface area contributed by atoms with Crippen molar-refractivity contribution in [3.63, 3.8) is 0 Å². The topological polar surface area (TPSA) is 55.1 Å². The molecule has 1 fully saturated rings. The summed E-state index contributed by atoms with van der Waals surface area (Å²) in [4.78, 5) is 12.0. The van der Waals surface area contributed by atoms with Crippen LogP contribution < -0.4 is 11.1 Å². The van der Waals surface area contributed by atoms with Crippen molar-refractivity contribution in [2.45, 2.75) is 44.1 Å². The van der Waals surface area contributed by atoms with Crippen molar-refractivity contribution in [2.75, 3.05) is 5.32 Å². The third kappa shape index (κ3) is 3.67. The lowest BCUT2D eigenvalue weighted by Gasteiger charge is -2.32. The number of para-hydroxylation sites is 1. The van der Waals surface area contributed by atoms with Crippen LogP contribution in [0, 0.1) is 5.82 Å². The molecule has 0 heterocycles. The van der Waals surface area contributed by atoms with Crippen LogP contribution in [0.25, 0.3) is 0 Å². The molecule has 0 aliphatic heterocycles. The number of rotatable bonds is 3. The van der Waals surface area contributed by atoms with E-state index in [4.69, 9.17) is 17.3 Å². The van der Waals surface area contributed by atoms with Gasteiger partial charge >= 0.3 is 0 Å². The van der Waals surface area contributed by atoms with Gasteiger partial charge < -0.3 is 11.1 Å². The van der Waals surface area contributed by atoms with Crippen molar-refractivity contribution >= 4 is 23.2 Å². The summed E-state index contributed by atoms with van der Waals surface area (Å²) < 4.78 is 13.6. The van der Waals surface area contributed by atoms with Crippen LogP contribution in [0.4, 0.5) is 10.1 Å². The number of hydrogen-bond donors (Lipinski definition) is 2. The van der Waals surface area contributed by atoms with E-state index in [-0.39, 0.29) is 23.0 Å². The number of nitrogens with one attached hydrogen (secondary N) is 1. The van der Waals surface area contributed by atoms with Crippen molar-refractivity contribution in [3.8, 4) is 0 Å². The Balaban J connectivity index is 2.01. The van der Waals surface area contributed by atoms with Gasteiger partial charge in [0, 0.05) is 12.0 Å². The summed E-state index contributed by atoms with van der Waals surface area (Å²) in [5.74, 6) is -0.813. The van der Waals surface area contributed by atoms with E-state index in [0.717, 1.165) is 25.7 Å². The fraction of sp³-hybridized carbons (Fsp3) is 0.500. The summed E-state index contributed by atoms with van der Waals surface area (Å²) in [6, 6.07) is 4.30. The number of amides is 1. The molecular formula is C14H18ClFN2O. The number of benzene rings is 1. The number of carbonyl (C=O) groups is 1. The maximum atomic E-state index is 13.6. The SMILES string of the molecule is NC1(CC(=O)Nc2c(F)cccc2Cl)CCCCC1. The fourth-order valence-corrected chi connectivity index (χ4v) is 2.76. The van der Waals surface area contributed by atoms with Gasteiger partial charge in [0.1, 0.15) is 5.82 Å². The van der Waals surface area contributed by atoms with E-state index in [2.05, 4.69) is 5.32 Å². The third-order valence-electron chi connectivity index (χ3n) is 3.59. The van der Waals surface area contributed by atoms with Crippen LogP contribution in [-0.2, 0) is 4.79 Å². The van der Waals surface area contributed by atoms with Crippen molar-refractivity contribution in [1.29, 1.82) is 0 Å². The van der Waals surface area contributed by atoms with E-state index >= 15 is 0 Å². The summed E-state index contributed by atoms with van der Waals surface area (Å²) >= 11 is 5.87. The summed E-state index contributed by atoms with van der Waals surface area (Å²) in [6.45, 7) is 0. The Labute approximate surface area is 117 Å². The predicted molar refractivity (Wildman–Crippen MR) is 74.7 cm³/mol. The molecule has 0 unspecified atom stereocenters. The summed E-state index contributed by atoms with van der Waals surface area (Å²) in [7, 11) is 0. The zero-order chi connectivity index (χ0) is 13.9. The molecule has 5 heteroatoms. The second-order valence-corrected chi connectivity index (χ2v) is 5.65. The molecule has 0 atom stereocenters. The Hall–Kier alpha value is -1.13. The lowest BCUT2D eigenvalue weighted by molar-refractivity contribution is -0.117. The molecule has 3 nitrogen and oxygen atoms in total. The molecule has 1 aliphatic carbocycles. The molecule has 1 amide bonds. The number of halogens is 2. The lowest BCUT2D eigenvalue weighted by atomic mass is 9.80. The van der Waals surface area contributed by atoms with Crippen LogP contribution in [0.1, 0.15) is 38.5 Å². The monoisotopic (exact) mass is 284 g/mol. The number of hydrogen-bond acceptors (Lipinski definition) is 2. The van der Waals surface area contributed by atoms with Gasteiger partial charge in [-0.3, -0.25) is 4.79 Å². The molecule has 3 N–H and O–H groups in total. The van der Waals surface area contributed by atoms with Crippen LogP contribution in [-0.4, -0.2) is 11.4 Å². The highest BCUT2D eigenvalue weighted by atomic mass is 35.5. The molecule has 0 radical (unpaired) electrons. The molecule has 1 aromatic carbocycles. The molecule has 19 heavy (non-hydrogen) atoms. The molecule has 2 rings (SSSR count). The highest BCUT2D eigenvalue weighted by molar-refractivity contribution is 6.33. The first-order valence-corrected chi connectivity index (χ1v) is 6.91. The smallest absolute Gasteiger partial charge is 0.226 e. The van der Waals surface area contributed by atoms with Crippen LogP contribution in [0.3, 0.4) is 0 Å². The lowest BCUT2D eigenvalue weighted by Crippen LogP contribution is -2.44. The van der Waals surface area contributed by atoms with Gasteiger partial charge in [0.25, 0.3) is 0 Å². The average molecular weight is 285 g/mol. The van der Waals surface area contributed by atoms with Gasteiger partial charge in [-0.25, -0.2) is 4.39 Å². The minimum atomic E-state index is -0.532. The fourth-order valence-electron chi connectivity index (χ4n) is 2.55. The van der Waals surface area contributed by atoms with E-state index in [1.807, 2.05) is 0 Å². The summed E-state index contributed by atoms with van der Waals surface area (Å²) in [6.07, 6.45) is 5.14. The van der Waals surface area contributed by atoms with Gasteiger partial charge in [0.15, 0.2) is 0 Å². The van der Waals surface area contributed by atoms with E-state index in [9.17, 15) is 9.18 Å². The average Bonchev–Trinajstić information content (AvgIpc) is 2.34. The first kappa shape index (κ1) is 14.3. The maximum Gasteiger partial charge on any atom is 0.226 e. The molecule has 0 spiro atoms. The third-order valence-corrected chi connectivity index (χ3v) is 3.90. The van der Waals surface area contributed by atoms with E-state index < -0.39 is 11.4 Å². The summed E-state index contributed by atoms with van der Waals surface area (Å²) in [5, 5.41) is 2.72. The zero-order valence-electron chi connectivity index (χ0n) is 10.7. The standard InChI is InChI=1S/C14H18ClFN2O/c15-10-5-4-6-11(16)13(10)18-12(19)9-14(17)7-2-1-3-8-14/h4-6H,1-3,7-9,17H2,(H,18,19). The van der Waals surface area contributed by atoms with Gasteiger partial charge in [-0.15, -0.1) is 0 Å². The predicted octanol–water partition coefficient (Wildman–Crippen LogP) is 3.47. The molecule has 0 bridgehead atoms. The minimum absolute atomic E-state index is 0.0357. The Kier molecular flexibility index (Phi) is 4.42. The zero-order valence-corrected chi connectivity index (χ0v) is 11.5. The quantitative estimate of drug-likeness (QED) is 0.893. The number of nitrogens with two attached hydrogens (primary N) is 1. The molecule has 0 saturated heterocycles. The first-order valence-electron chi connectivity index (χ1n) is 6.53. The maximum absolute atomic E-state index is 13.6. The second-order valence-electron chi connectivity index (χ2n) is 5.24. The van der Waals surface area contributed by atoms with Gasteiger partial charge in [0.05, 0.1) is 10.7 Å². The second kappa shape index (κ2) is 5.88. The van der Waals surface area contributed by atoms with Gasteiger partial charge in [-0.1, -0.05) is 36.9 Å². The largest absolute Gasteiger partial charge is 0.325 e. The van der Waals surface area contributed by atoms with Crippen molar-refractivity contribution in [2.24, 2.45) is 5.73 Å². The van der Waals surface area contributed by atoms with E-state index in [0.29, 0.717) is 0 Å². The normalized spacial score (nSPS) is 18.1. The first-order chi connectivity index (χ1) is 9.00. The van der Waals surface area contributed by atoms with Gasteiger partial charge in [-0.05, 0) is 25.0 Å². The Morgan fingerprint density at radius 3 is 2.68 bits per heavy atom. The Morgan fingerprint density at radius 1 is 1.37 bits per heavy atom. The van der Waals surface area contributed by atoms with Crippen molar-refractivity contribution in [3.05, 3.63) is 29.0 Å². The molecule has 1 aliphatic rings. The summed E-state index contributed by atoms with van der Waals surface area (Å²) in [5.41, 5.74) is 5.78. The molecule has 0 aromatic heterocycles. The van der Waals surface area contributed by atoms with Crippen LogP contribution in [0.15, 0.2) is 18.2 Å². The van der Waals surface area contributed by atoms with Crippen LogP contribution >= 0.6 is 11.6 Å². The van der Waals surface area contributed by atoms with Crippen LogP contribution in [0.5, 0.6) is 0 Å². The van der Waals surface area contributed by atoms with Gasteiger partial charge in [-0.2, -0.15) is 0 Å². The highest BCUT2D eigenvalue weighted by Crippen LogP contribution is 2.30. The Morgan fingerprint density at radius 2 is 2.05 bits per heavy atom. The molecular weight excluding hydrogens is 267 g/mol.